The fourth-order valence-corrected chi connectivity index (χ4v) is 4.12. The maximum absolute atomic E-state index is 5.94. The summed E-state index contributed by atoms with van der Waals surface area (Å²) in [6, 6.07) is 0. The predicted octanol–water partition coefficient (Wildman–Crippen LogP) is 3.33. The first-order valence-electron chi connectivity index (χ1n) is 4.62. The largest absolute Gasteiger partial charge is 0.126 e. The molecule has 0 heterocycles. The Labute approximate surface area is 87.5 Å². The van der Waals surface area contributed by atoms with Gasteiger partial charge in [0.15, 0.2) is 0 Å². The van der Waals surface area contributed by atoms with Crippen LogP contribution in [0.15, 0.2) is 22.3 Å². The lowest BCUT2D eigenvalue weighted by Gasteiger charge is -2.06. The molecule has 0 aromatic rings. The summed E-state index contributed by atoms with van der Waals surface area (Å²) in [5.74, 6) is 0. The molecule has 1 rings (SSSR count). The summed E-state index contributed by atoms with van der Waals surface area (Å²) in [7, 11) is -0.503. The van der Waals surface area contributed by atoms with Crippen LogP contribution >= 0.6 is 11.6 Å². The molecule has 0 saturated heterocycles. The van der Waals surface area contributed by atoms with E-state index in [1.54, 1.807) is 5.17 Å². The highest BCUT2D eigenvalue weighted by molar-refractivity contribution is 6.80. The van der Waals surface area contributed by atoms with Gasteiger partial charge in [-0.2, -0.15) is 0 Å². The Balaban J connectivity index is 3.33. The summed E-state index contributed by atoms with van der Waals surface area (Å²) in [6.07, 6.45) is 0. The summed E-state index contributed by atoms with van der Waals surface area (Å²) >= 11 is 5.94. The normalized spacial score (nSPS) is 17.5. The predicted molar refractivity (Wildman–Crippen MR) is 64.1 cm³/mol. The SMILES string of the molecule is CC1=C(C)C(=[Si](C)CCl)C(C)=C1C. The maximum atomic E-state index is 5.94. The molecule has 0 radical (unpaired) electrons. The van der Waals surface area contributed by atoms with Gasteiger partial charge in [-0.3, -0.25) is 0 Å². The molecule has 13 heavy (non-hydrogen) atoms. The fourth-order valence-electron chi connectivity index (χ4n) is 1.93. The Morgan fingerprint density at radius 3 is 1.62 bits per heavy atom. The van der Waals surface area contributed by atoms with Crippen LogP contribution in [0.4, 0.5) is 0 Å². The third kappa shape index (κ3) is 1.72. The molecule has 0 amide bonds. The van der Waals surface area contributed by atoms with Gasteiger partial charge in [0.2, 0.25) is 0 Å². The zero-order valence-electron chi connectivity index (χ0n) is 9.09. The van der Waals surface area contributed by atoms with Crippen LogP contribution in [0.5, 0.6) is 0 Å². The van der Waals surface area contributed by atoms with Gasteiger partial charge in [0, 0.05) is 13.9 Å². The molecule has 0 aromatic carbocycles. The average molecular weight is 213 g/mol. The van der Waals surface area contributed by atoms with Crippen molar-refractivity contribution < 1.29 is 0 Å². The summed E-state index contributed by atoms with van der Waals surface area (Å²) < 4.78 is 0. The Bertz CT molecular complexity index is 306. The molecule has 0 saturated carbocycles. The number of halogens is 1. The molecule has 1 aliphatic rings. The number of hydrogen-bond donors (Lipinski definition) is 0. The molecule has 0 aliphatic heterocycles. The minimum atomic E-state index is -0.503. The number of rotatable bonds is 1. The van der Waals surface area contributed by atoms with Crippen molar-refractivity contribution in [1.82, 2.24) is 0 Å². The van der Waals surface area contributed by atoms with Gasteiger partial charge in [-0.1, -0.05) is 6.55 Å². The van der Waals surface area contributed by atoms with Crippen molar-refractivity contribution in [2.24, 2.45) is 0 Å². The zero-order valence-corrected chi connectivity index (χ0v) is 10.8. The summed E-state index contributed by atoms with van der Waals surface area (Å²) in [6.45, 7) is 11.2. The van der Waals surface area contributed by atoms with Gasteiger partial charge in [-0.25, -0.2) is 0 Å². The summed E-state index contributed by atoms with van der Waals surface area (Å²) in [5, 5.41) is 1.56. The minimum absolute atomic E-state index is 0.503. The highest BCUT2D eigenvalue weighted by Gasteiger charge is 2.19. The Morgan fingerprint density at radius 1 is 0.923 bits per heavy atom. The van der Waals surface area contributed by atoms with E-state index in [9.17, 15) is 0 Å². The van der Waals surface area contributed by atoms with Gasteiger partial charge in [-0.05, 0) is 55.2 Å². The van der Waals surface area contributed by atoms with Crippen molar-refractivity contribution in [1.29, 1.82) is 0 Å². The molecule has 0 N–H and O–H groups in total. The van der Waals surface area contributed by atoms with E-state index in [4.69, 9.17) is 11.6 Å². The first-order chi connectivity index (χ1) is 6.00. The molecule has 0 fully saturated rings. The van der Waals surface area contributed by atoms with Crippen molar-refractivity contribution in [3.8, 4) is 0 Å². The Hall–Kier alpha value is -0.143. The molecular formula is C11H17ClSi. The van der Waals surface area contributed by atoms with Gasteiger partial charge in [-0.15, -0.1) is 11.6 Å². The van der Waals surface area contributed by atoms with Gasteiger partial charge in [0.25, 0.3) is 0 Å². The van der Waals surface area contributed by atoms with Crippen LogP contribution in [0.2, 0.25) is 6.55 Å². The number of allylic oxidation sites excluding steroid dienone is 4. The Kier molecular flexibility index (Phi) is 3.31. The first-order valence-corrected chi connectivity index (χ1v) is 7.36. The van der Waals surface area contributed by atoms with Crippen LogP contribution in [-0.4, -0.2) is 19.1 Å². The van der Waals surface area contributed by atoms with Crippen LogP contribution < -0.4 is 0 Å². The lowest BCUT2D eigenvalue weighted by molar-refractivity contribution is 1.31. The smallest absolute Gasteiger partial charge is 0.0330 e. The van der Waals surface area contributed by atoms with E-state index in [1.165, 1.54) is 22.3 Å². The first kappa shape index (κ1) is 10.9. The molecule has 0 unspecified atom stereocenters. The molecule has 2 heteroatoms. The van der Waals surface area contributed by atoms with Crippen LogP contribution in [0.3, 0.4) is 0 Å². The van der Waals surface area contributed by atoms with Crippen LogP contribution in [-0.2, 0) is 0 Å². The number of hydrogen-bond acceptors (Lipinski definition) is 0. The van der Waals surface area contributed by atoms with Gasteiger partial charge >= 0.3 is 0 Å². The summed E-state index contributed by atoms with van der Waals surface area (Å²) in [4.78, 5) is 0. The standard InChI is InChI=1S/C11H17ClSi/c1-7-8(2)10(4)11(9(7)3)13(5)6-12/h6H2,1-5H3. The fraction of sp³-hybridized carbons (Fsp3) is 0.545. The van der Waals surface area contributed by atoms with Crippen LogP contribution in [0.1, 0.15) is 27.7 Å². The van der Waals surface area contributed by atoms with Gasteiger partial charge in [0.1, 0.15) is 0 Å². The van der Waals surface area contributed by atoms with Crippen molar-refractivity contribution in [2.45, 2.75) is 34.2 Å². The quantitative estimate of drug-likeness (QED) is 0.462. The monoisotopic (exact) mass is 212 g/mol. The second-order valence-electron chi connectivity index (χ2n) is 3.79. The third-order valence-electron chi connectivity index (χ3n) is 3.06. The molecule has 0 atom stereocenters. The third-order valence-corrected chi connectivity index (χ3v) is 6.27. The summed E-state index contributed by atoms with van der Waals surface area (Å²) in [5.41, 5.74) is 6.69. The molecule has 0 nitrogen and oxygen atoms in total. The lowest BCUT2D eigenvalue weighted by atomic mass is 10.1. The van der Waals surface area contributed by atoms with Gasteiger partial charge < -0.3 is 0 Å². The van der Waals surface area contributed by atoms with E-state index >= 15 is 0 Å². The second-order valence-corrected chi connectivity index (χ2v) is 6.92. The maximum Gasteiger partial charge on any atom is 0.0330 e. The zero-order chi connectivity index (χ0) is 10.2. The lowest BCUT2D eigenvalue weighted by Crippen LogP contribution is -2.15. The molecule has 72 valence electrons. The minimum Gasteiger partial charge on any atom is -0.126 e. The number of alkyl halides is 1. The van der Waals surface area contributed by atoms with E-state index in [0.29, 0.717) is 0 Å². The molecule has 1 aliphatic carbocycles. The van der Waals surface area contributed by atoms with Crippen molar-refractivity contribution in [2.75, 3.05) is 5.50 Å². The molecular weight excluding hydrogens is 196 g/mol. The molecule has 0 spiro atoms. The van der Waals surface area contributed by atoms with Gasteiger partial charge in [0.05, 0.1) is 0 Å². The van der Waals surface area contributed by atoms with E-state index in [-0.39, 0.29) is 0 Å². The van der Waals surface area contributed by atoms with E-state index in [2.05, 4.69) is 34.2 Å². The molecule has 0 aromatic heterocycles. The van der Waals surface area contributed by atoms with Crippen LogP contribution in [0.25, 0.3) is 0 Å². The topological polar surface area (TPSA) is 0 Å². The highest BCUT2D eigenvalue weighted by atomic mass is 35.5. The average Bonchev–Trinajstić information content (AvgIpc) is 2.30. The van der Waals surface area contributed by atoms with Crippen molar-refractivity contribution >= 4 is 25.2 Å². The molecule has 0 bridgehead atoms. The second kappa shape index (κ2) is 3.93. The Morgan fingerprint density at radius 2 is 1.31 bits per heavy atom. The van der Waals surface area contributed by atoms with Crippen molar-refractivity contribution in [3.63, 3.8) is 0 Å². The van der Waals surface area contributed by atoms with Crippen LogP contribution in [0, 0.1) is 0 Å². The van der Waals surface area contributed by atoms with E-state index < -0.39 is 8.41 Å². The van der Waals surface area contributed by atoms with E-state index in [0.717, 1.165) is 5.50 Å². The van der Waals surface area contributed by atoms with E-state index in [1.807, 2.05) is 0 Å². The highest BCUT2D eigenvalue weighted by Crippen LogP contribution is 2.28. The van der Waals surface area contributed by atoms with Crippen molar-refractivity contribution in [3.05, 3.63) is 22.3 Å².